The highest BCUT2D eigenvalue weighted by Gasteiger charge is 2.14. The van der Waals surface area contributed by atoms with E-state index in [-0.39, 0.29) is 11.7 Å². The number of Topliss-reactive ketones (excluding diaryl/α,β-unsaturated/α-hetero) is 1. The third kappa shape index (κ3) is 2.17. The minimum absolute atomic E-state index is 0.0600. The van der Waals surface area contributed by atoms with Crippen molar-refractivity contribution in [2.75, 3.05) is 0 Å². The van der Waals surface area contributed by atoms with E-state index in [0.29, 0.717) is 12.2 Å². The Morgan fingerprint density at radius 3 is 2.46 bits per heavy atom. The number of hydrogen-bond acceptors (Lipinski definition) is 3. The molecule has 0 aliphatic heterocycles. The predicted octanol–water partition coefficient (Wildman–Crippen LogP) is 2.06. The quantitative estimate of drug-likeness (QED) is 0.716. The van der Waals surface area contributed by atoms with Gasteiger partial charge in [-0.2, -0.15) is 0 Å². The molecule has 0 atom stereocenters. The second kappa shape index (κ2) is 3.73. The third-order valence-corrected chi connectivity index (χ3v) is 2.23. The van der Waals surface area contributed by atoms with Crippen molar-refractivity contribution in [2.24, 2.45) is 5.92 Å². The van der Waals surface area contributed by atoms with Gasteiger partial charge in [-0.3, -0.25) is 4.79 Å². The van der Waals surface area contributed by atoms with E-state index in [1.807, 2.05) is 27.7 Å². The van der Waals surface area contributed by atoms with Crippen LogP contribution < -0.4 is 0 Å². The summed E-state index contributed by atoms with van der Waals surface area (Å²) in [6.45, 7) is 7.58. The Morgan fingerprint density at radius 1 is 1.46 bits per heavy atom. The lowest BCUT2D eigenvalue weighted by atomic mass is 10.0. The predicted molar refractivity (Wildman–Crippen MR) is 49.5 cm³/mol. The van der Waals surface area contributed by atoms with Crippen LogP contribution in [0.4, 0.5) is 0 Å². The molecule has 0 unspecified atom stereocenters. The number of ketones is 1. The zero-order valence-corrected chi connectivity index (χ0v) is 8.55. The summed E-state index contributed by atoms with van der Waals surface area (Å²) in [5.74, 6) is 0.959. The van der Waals surface area contributed by atoms with Crippen LogP contribution >= 0.6 is 0 Å². The van der Waals surface area contributed by atoms with Gasteiger partial charge in [0, 0.05) is 11.5 Å². The van der Waals surface area contributed by atoms with Gasteiger partial charge in [0.1, 0.15) is 11.5 Å². The van der Waals surface area contributed by atoms with E-state index in [0.717, 1.165) is 11.3 Å². The first-order valence-electron chi connectivity index (χ1n) is 4.46. The number of rotatable bonds is 3. The zero-order chi connectivity index (χ0) is 10.0. The lowest BCUT2D eigenvalue weighted by Crippen LogP contribution is -2.10. The maximum absolute atomic E-state index is 11.4. The molecule has 13 heavy (non-hydrogen) atoms. The minimum atomic E-state index is 0.0600. The van der Waals surface area contributed by atoms with Crippen molar-refractivity contribution < 1.29 is 9.32 Å². The van der Waals surface area contributed by atoms with Crippen LogP contribution in [0.3, 0.4) is 0 Å². The van der Waals surface area contributed by atoms with Crippen LogP contribution in [0, 0.1) is 19.8 Å². The fraction of sp³-hybridized carbons (Fsp3) is 0.600. The summed E-state index contributed by atoms with van der Waals surface area (Å²) < 4.78 is 5.05. The van der Waals surface area contributed by atoms with Gasteiger partial charge >= 0.3 is 0 Å². The highest BCUT2D eigenvalue weighted by Crippen LogP contribution is 2.13. The fourth-order valence-corrected chi connectivity index (χ4v) is 0.989. The summed E-state index contributed by atoms with van der Waals surface area (Å²) in [7, 11) is 0. The van der Waals surface area contributed by atoms with Crippen molar-refractivity contribution in [3.05, 3.63) is 17.0 Å². The first-order chi connectivity index (χ1) is 6.02. The molecule has 72 valence electrons. The van der Waals surface area contributed by atoms with Crippen molar-refractivity contribution in [3.63, 3.8) is 0 Å². The molecule has 0 saturated carbocycles. The lowest BCUT2D eigenvalue weighted by molar-refractivity contribution is -0.121. The molecule has 0 bridgehead atoms. The SMILES string of the molecule is Cc1noc(CC(=O)C(C)C)c1C. The number of aryl methyl sites for hydroxylation is 1. The van der Waals surface area contributed by atoms with E-state index in [2.05, 4.69) is 5.16 Å². The van der Waals surface area contributed by atoms with E-state index >= 15 is 0 Å². The molecule has 0 aliphatic rings. The maximum Gasteiger partial charge on any atom is 0.147 e. The molecule has 0 amide bonds. The molecule has 3 heteroatoms. The van der Waals surface area contributed by atoms with E-state index < -0.39 is 0 Å². The van der Waals surface area contributed by atoms with Gasteiger partial charge in [-0.05, 0) is 13.8 Å². The third-order valence-electron chi connectivity index (χ3n) is 2.23. The number of hydrogen-bond donors (Lipinski definition) is 0. The van der Waals surface area contributed by atoms with Crippen molar-refractivity contribution >= 4 is 5.78 Å². The van der Waals surface area contributed by atoms with Crippen LogP contribution in [0.5, 0.6) is 0 Å². The largest absolute Gasteiger partial charge is 0.360 e. The summed E-state index contributed by atoms with van der Waals surface area (Å²) in [6.07, 6.45) is 0.365. The van der Waals surface area contributed by atoms with E-state index in [1.165, 1.54) is 0 Å². The summed E-state index contributed by atoms with van der Waals surface area (Å²) in [6, 6.07) is 0. The average Bonchev–Trinajstić information content (AvgIpc) is 2.36. The van der Waals surface area contributed by atoms with Crippen molar-refractivity contribution in [2.45, 2.75) is 34.1 Å². The van der Waals surface area contributed by atoms with Crippen LogP contribution in [-0.4, -0.2) is 10.9 Å². The molecule has 0 fully saturated rings. The minimum Gasteiger partial charge on any atom is -0.360 e. The Kier molecular flexibility index (Phi) is 2.86. The Morgan fingerprint density at radius 2 is 2.08 bits per heavy atom. The number of nitrogens with zero attached hydrogens (tertiary/aromatic N) is 1. The molecule has 1 rings (SSSR count). The molecule has 0 aliphatic carbocycles. The molecule has 1 aromatic rings. The Hall–Kier alpha value is -1.12. The number of aromatic nitrogens is 1. The van der Waals surface area contributed by atoms with Crippen LogP contribution in [0.25, 0.3) is 0 Å². The van der Waals surface area contributed by atoms with Crippen molar-refractivity contribution in [1.82, 2.24) is 5.16 Å². The van der Waals surface area contributed by atoms with Gasteiger partial charge in [0.2, 0.25) is 0 Å². The summed E-state index contributed by atoms with van der Waals surface area (Å²) in [4.78, 5) is 11.4. The topological polar surface area (TPSA) is 43.1 Å². The second-order valence-corrected chi connectivity index (χ2v) is 3.61. The molecule has 0 saturated heterocycles. The number of carbonyl (C=O) groups is 1. The van der Waals surface area contributed by atoms with E-state index in [4.69, 9.17) is 4.52 Å². The number of carbonyl (C=O) groups excluding carboxylic acids is 1. The molecule has 0 radical (unpaired) electrons. The Labute approximate surface area is 78.1 Å². The normalized spacial score (nSPS) is 10.8. The van der Waals surface area contributed by atoms with Gasteiger partial charge in [0.25, 0.3) is 0 Å². The first kappa shape index (κ1) is 9.96. The van der Waals surface area contributed by atoms with Gasteiger partial charge < -0.3 is 4.52 Å². The molecule has 0 spiro atoms. The van der Waals surface area contributed by atoms with Gasteiger partial charge in [0.15, 0.2) is 0 Å². The van der Waals surface area contributed by atoms with Crippen LogP contribution in [0.2, 0.25) is 0 Å². The molecular weight excluding hydrogens is 166 g/mol. The van der Waals surface area contributed by atoms with Gasteiger partial charge in [-0.1, -0.05) is 19.0 Å². The van der Waals surface area contributed by atoms with E-state index in [9.17, 15) is 4.79 Å². The van der Waals surface area contributed by atoms with Crippen LogP contribution in [0.15, 0.2) is 4.52 Å². The molecular formula is C10H15NO2. The monoisotopic (exact) mass is 181 g/mol. The van der Waals surface area contributed by atoms with E-state index in [1.54, 1.807) is 0 Å². The highest BCUT2D eigenvalue weighted by molar-refractivity contribution is 5.82. The standard InChI is InChI=1S/C10H15NO2/c1-6(2)9(12)5-10-7(3)8(4)11-13-10/h6H,5H2,1-4H3. The van der Waals surface area contributed by atoms with Gasteiger partial charge in [-0.25, -0.2) is 0 Å². The van der Waals surface area contributed by atoms with Crippen LogP contribution in [0.1, 0.15) is 30.9 Å². The van der Waals surface area contributed by atoms with Crippen LogP contribution in [-0.2, 0) is 11.2 Å². The molecule has 1 heterocycles. The van der Waals surface area contributed by atoms with Crippen molar-refractivity contribution in [3.8, 4) is 0 Å². The maximum atomic E-state index is 11.4. The smallest absolute Gasteiger partial charge is 0.147 e. The fourth-order valence-electron chi connectivity index (χ4n) is 0.989. The lowest BCUT2D eigenvalue weighted by Gasteiger charge is -2.00. The Bertz CT molecular complexity index is 313. The van der Waals surface area contributed by atoms with Crippen molar-refractivity contribution in [1.29, 1.82) is 0 Å². The zero-order valence-electron chi connectivity index (χ0n) is 8.55. The Balaban J connectivity index is 2.75. The molecule has 0 aromatic carbocycles. The van der Waals surface area contributed by atoms with Gasteiger partial charge in [-0.15, -0.1) is 0 Å². The average molecular weight is 181 g/mol. The highest BCUT2D eigenvalue weighted by atomic mass is 16.5. The summed E-state index contributed by atoms with van der Waals surface area (Å²) in [5, 5.41) is 3.80. The first-order valence-corrected chi connectivity index (χ1v) is 4.46. The summed E-state index contributed by atoms with van der Waals surface area (Å²) in [5.41, 5.74) is 1.86. The second-order valence-electron chi connectivity index (χ2n) is 3.61. The summed E-state index contributed by atoms with van der Waals surface area (Å²) >= 11 is 0. The molecule has 1 aromatic heterocycles. The molecule has 3 nitrogen and oxygen atoms in total. The molecule has 0 N–H and O–H groups in total. The van der Waals surface area contributed by atoms with Gasteiger partial charge in [0.05, 0.1) is 12.1 Å².